The molecule has 96 valence electrons. The molecule has 0 aliphatic carbocycles. The normalized spacial score (nSPS) is 20.2. The summed E-state index contributed by atoms with van der Waals surface area (Å²) < 4.78 is 2.05. The van der Waals surface area contributed by atoms with E-state index in [0.717, 1.165) is 30.8 Å². The number of nitrogens with one attached hydrogen (secondary N) is 1. The molecule has 0 fully saturated rings. The second-order valence-corrected chi connectivity index (χ2v) is 5.88. The van der Waals surface area contributed by atoms with Gasteiger partial charge in [-0.15, -0.1) is 0 Å². The van der Waals surface area contributed by atoms with Gasteiger partial charge in [-0.3, -0.25) is 4.79 Å². The minimum absolute atomic E-state index is 0.0719. The van der Waals surface area contributed by atoms with Crippen LogP contribution in [0, 0.1) is 5.41 Å². The number of carboxylic acids is 1. The van der Waals surface area contributed by atoms with Crippen LogP contribution in [0.4, 0.5) is 0 Å². The van der Waals surface area contributed by atoms with Gasteiger partial charge in [-0.05, 0) is 11.8 Å². The zero-order chi connectivity index (χ0) is 13.1. The topological polar surface area (TPSA) is 71.3 Å². The van der Waals surface area contributed by atoms with Gasteiger partial charge in [0.25, 0.3) is 5.91 Å². The molecule has 18 heavy (non-hydrogen) atoms. The Bertz CT molecular complexity index is 569. The predicted octanol–water partition coefficient (Wildman–Crippen LogP) is 1.05. The van der Waals surface area contributed by atoms with Gasteiger partial charge in [0.1, 0.15) is 0 Å². The molecule has 0 saturated heterocycles. The summed E-state index contributed by atoms with van der Waals surface area (Å²) in [6.07, 6.45) is 1.44. The lowest BCUT2D eigenvalue weighted by atomic mass is 9.89. The Morgan fingerprint density at radius 2 is 2.11 bits per heavy atom. The molecule has 0 spiro atoms. The number of amides is 1. The molecule has 0 bridgehead atoms. The van der Waals surface area contributed by atoms with Gasteiger partial charge < -0.3 is 15.0 Å². The summed E-state index contributed by atoms with van der Waals surface area (Å²) >= 11 is 0. The Morgan fingerprint density at radius 3 is 2.78 bits per heavy atom. The lowest BCUT2D eigenvalue weighted by molar-refractivity contribution is 0.0689. The third-order valence-electron chi connectivity index (χ3n) is 3.80. The summed E-state index contributed by atoms with van der Waals surface area (Å²) in [5, 5.41) is 12.1. The van der Waals surface area contributed by atoms with Gasteiger partial charge in [-0.25, -0.2) is 4.79 Å². The summed E-state index contributed by atoms with van der Waals surface area (Å²) in [4.78, 5) is 23.3. The van der Waals surface area contributed by atoms with E-state index in [1.807, 2.05) is 0 Å². The Hall–Kier alpha value is -1.78. The summed E-state index contributed by atoms with van der Waals surface area (Å²) in [6.45, 7) is 5.64. The standard InChI is InChI=1S/C13H16N2O3/c1-13(2)5-8-10(12(17)18)9-7(15(8)6-13)3-4-14-11(9)16/h3-6H2,1-2H3,(H,14,16)(H,17,18). The molecule has 2 N–H and O–H groups in total. The molecular weight excluding hydrogens is 232 g/mol. The van der Waals surface area contributed by atoms with E-state index in [1.54, 1.807) is 0 Å². The number of carboxylic acid groups (broad SMARTS) is 1. The first kappa shape index (κ1) is 11.3. The van der Waals surface area contributed by atoms with Gasteiger partial charge in [-0.2, -0.15) is 0 Å². The molecule has 2 aliphatic heterocycles. The highest BCUT2D eigenvalue weighted by atomic mass is 16.4. The summed E-state index contributed by atoms with van der Waals surface area (Å²) in [6, 6.07) is 0. The number of aromatic carboxylic acids is 1. The minimum atomic E-state index is -0.991. The highest BCUT2D eigenvalue weighted by Gasteiger charge is 2.39. The number of carbonyl (C=O) groups is 2. The Balaban J connectivity index is 2.26. The van der Waals surface area contributed by atoms with Crippen LogP contribution >= 0.6 is 0 Å². The van der Waals surface area contributed by atoms with Gasteiger partial charge in [-0.1, -0.05) is 13.8 Å². The van der Waals surface area contributed by atoms with E-state index >= 15 is 0 Å². The first-order valence-electron chi connectivity index (χ1n) is 6.16. The number of fused-ring (bicyclic) bond motifs is 3. The molecule has 1 amide bonds. The van der Waals surface area contributed by atoms with Crippen molar-refractivity contribution in [2.75, 3.05) is 6.54 Å². The smallest absolute Gasteiger partial charge is 0.338 e. The number of aromatic nitrogens is 1. The van der Waals surface area contributed by atoms with Crippen molar-refractivity contribution in [3.63, 3.8) is 0 Å². The van der Waals surface area contributed by atoms with Crippen molar-refractivity contribution in [2.24, 2.45) is 5.41 Å². The zero-order valence-electron chi connectivity index (χ0n) is 10.5. The van der Waals surface area contributed by atoms with Crippen molar-refractivity contribution in [2.45, 2.75) is 33.2 Å². The number of hydrogen-bond donors (Lipinski definition) is 2. The third kappa shape index (κ3) is 1.39. The monoisotopic (exact) mass is 248 g/mol. The van der Waals surface area contributed by atoms with E-state index in [2.05, 4.69) is 23.7 Å². The maximum absolute atomic E-state index is 11.9. The predicted molar refractivity (Wildman–Crippen MR) is 64.9 cm³/mol. The van der Waals surface area contributed by atoms with Crippen molar-refractivity contribution in [1.82, 2.24) is 9.88 Å². The molecule has 3 rings (SSSR count). The van der Waals surface area contributed by atoms with Gasteiger partial charge >= 0.3 is 5.97 Å². The molecule has 0 saturated carbocycles. The minimum Gasteiger partial charge on any atom is -0.478 e. The lowest BCUT2D eigenvalue weighted by Gasteiger charge is -2.20. The molecule has 3 heterocycles. The van der Waals surface area contributed by atoms with E-state index < -0.39 is 5.97 Å². The summed E-state index contributed by atoms with van der Waals surface area (Å²) in [7, 11) is 0. The molecule has 0 unspecified atom stereocenters. The highest BCUT2D eigenvalue weighted by Crippen LogP contribution is 2.39. The maximum Gasteiger partial charge on any atom is 0.338 e. The number of hydrogen-bond acceptors (Lipinski definition) is 2. The van der Waals surface area contributed by atoms with Crippen LogP contribution in [0.3, 0.4) is 0 Å². The van der Waals surface area contributed by atoms with Crippen LogP contribution in [-0.4, -0.2) is 28.1 Å². The van der Waals surface area contributed by atoms with E-state index in [1.165, 1.54) is 0 Å². The quantitative estimate of drug-likeness (QED) is 0.780. The molecule has 2 aliphatic rings. The number of nitrogens with zero attached hydrogens (tertiary/aromatic N) is 1. The first-order valence-corrected chi connectivity index (χ1v) is 6.16. The van der Waals surface area contributed by atoms with Crippen LogP contribution in [-0.2, 0) is 19.4 Å². The van der Waals surface area contributed by atoms with Crippen molar-refractivity contribution in [3.8, 4) is 0 Å². The summed E-state index contributed by atoms with van der Waals surface area (Å²) in [5.74, 6) is -1.23. The molecule has 0 radical (unpaired) electrons. The number of rotatable bonds is 1. The first-order chi connectivity index (χ1) is 8.41. The second-order valence-electron chi connectivity index (χ2n) is 5.88. The van der Waals surface area contributed by atoms with Gasteiger partial charge in [0, 0.05) is 30.9 Å². The van der Waals surface area contributed by atoms with Crippen LogP contribution in [0.25, 0.3) is 0 Å². The van der Waals surface area contributed by atoms with Crippen molar-refractivity contribution >= 4 is 11.9 Å². The van der Waals surface area contributed by atoms with E-state index in [0.29, 0.717) is 12.1 Å². The van der Waals surface area contributed by atoms with Crippen molar-refractivity contribution < 1.29 is 14.7 Å². The molecule has 0 atom stereocenters. The summed E-state index contributed by atoms with van der Waals surface area (Å²) in [5.41, 5.74) is 2.39. The lowest BCUT2D eigenvalue weighted by Crippen LogP contribution is -2.33. The van der Waals surface area contributed by atoms with Crippen LogP contribution in [0.2, 0.25) is 0 Å². The van der Waals surface area contributed by atoms with Gasteiger partial charge in [0.2, 0.25) is 0 Å². The Morgan fingerprint density at radius 1 is 1.39 bits per heavy atom. The van der Waals surface area contributed by atoms with E-state index in [-0.39, 0.29) is 16.9 Å². The molecule has 1 aromatic heterocycles. The van der Waals surface area contributed by atoms with Crippen LogP contribution in [0.5, 0.6) is 0 Å². The highest BCUT2D eigenvalue weighted by molar-refractivity contribution is 6.07. The number of carbonyl (C=O) groups excluding carboxylic acids is 1. The third-order valence-corrected chi connectivity index (χ3v) is 3.80. The van der Waals surface area contributed by atoms with Gasteiger partial charge in [0.05, 0.1) is 11.1 Å². The Labute approximate surface area is 105 Å². The average Bonchev–Trinajstić information content (AvgIpc) is 2.70. The van der Waals surface area contributed by atoms with E-state index in [9.17, 15) is 14.7 Å². The molecular formula is C13H16N2O3. The fourth-order valence-corrected chi connectivity index (χ4v) is 3.15. The largest absolute Gasteiger partial charge is 0.478 e. The van der Waals surface area contributed by atoms with Crippen molar-refractivity contribution in [3.05, 3.63) is 22.5 Å². The van der Waals surface area contributed by atoms with Crippen LogP contribution in [0.15, 0.2) is 0 Å². The SMILES string of the molecule is CC1(C)Cc2c(C(=O)O)c3c(n2C1)CCNC3=O. The maximum atomic E-state index is 11.9. The molecule has 5 heteroatoms. The fourth-order valence-electron chi connectivity index (χ4n) is 3.15. The second kappa shape index (κ2) is 3.37. The molecule has 5 nitrogen and oxygen atoms in total. The van der Waals surface area contributed by atoms with Gasteiger partial charge in [0.15, 0.2) is 0 Å². The van der Waals surface area contributed by atoms with Crippen LogP contribution in [0.1, 0.15) is 46.0 Å². The van der Waals surface area contributed by atoms with E-state index in [4.69, 9.17) is 0 Å². The van der Waals surface area contributed by atoms with Crippen molar-refractivity contribution in [1.29, 1.82) is 0 Å². The van der Waals surface area contributed by atoms with Crippen LogP contribution < -0.4 is 5.32 Å². The fraction of sp³-hybridized carbons (Fsp3) is 0.538. The zero-order valence-corrected chi connectivity index (χ0v) is 10.5. The molecule has 0 aromatic carbocycles. The molecule has 1 aromatic rings. The Kier molecular flexibility index (Phi) is 2.12. The average molecular weight is 248 g/mol.